The first-order valence-corrected chi connectivity index (χ1v) is 10.4. The Morgan fingerprint density at radius 3 is 2.85 bits per heavy atom. The van der Waals surface area contributed by atoms with Crippen LogP contribution in [0.1, 0.15) is 44.3 Å². The summed E-state index contributed by atoms with van der Waals surface area (Å²) in [6.07, 6.45) is 11.3. The van der Waals surface area contributed by atoms with Crippen LogP contribution < -0.4 is 5.32 Å². The third kappa shape index (κ3) is 6.21. The average Bonchev–Trinajstić information content (AvgIpc) is 3.35. The van der Waals surface area contributed by atoms with Crippen LogP contribution in [0.25, 0.3) is 0 Å². The number of aryl methyl sites for hydroxylation is 2. The van der Waals surface area contributed by atoms with Gasteiger partial charge in [-0.3, -0.25) is 4.99 Å². The highest BCUT2D eigenvalue weighted by Crippen LogP contribution is 2.17. The number of hydrogen-bond donors (Lipinski definition) is 1. The molecule has 3 heterocycles. The van der Waals surface area contributed by atoms with Gasteiger partial charge in [0.15, 0.2) is 5.96 Å². The van der Waals surface area contributed by atoms with Gasteiger partial charge in [0, 0.05) is 52.2 Å². The molecule has 1 aromatic rings. The van der Waals surface area contributed by atoms with Crippen LogP contribution in [-0.4, -0.2) is 72.5 Å². The van der Waals surface area contributed by atoms with E-state index in [-0.39, 0.29) is 0 Å². The fraction of sp³-hybridized carbons (Fsp3) is 0.800. The molecule has 2 saturated heterocycles. The molecule has 0 aliphatic carbocycles. The summed E-state index contributed by atoms with van der Waals surface area (Å²) < 4.78 is 13.9. The van der Waals surface area contributed by atoms with Gasteiger partial charge in [0.25, 0.3) is 0 Å². The van der Waals surface area contributed by atoms with Crippen molar-refractivity contribution in [1.82, 2.24) is 19.8 Å². The van der Waals surface area contributed by atoms with E-state index in [9.17, 15) is 0 Å². The number of guanidine groups is 1. The van der Waals surface area contributed by atoms with Gasteiger partial charge in [0.2, 0.25) is 0 Å². The molecule has 1 atom stereocenters. The molecule has 2 fully saturated rings. The summed E-state index contributed by atoms with van der Waals surface area (Å²) >= 11 is 0. The molecular weight excluding hydrogens is 342 g/mol. The van der Waals surface area contributed by atoms with E-state index >= 15 is 0 Å². The Kier molecular flexibility index (Phi) is 7.95. The number of rotatable bonds is 8. The Morgan fingerprint density at radius 2 is 2.19 bits per heavy atom. The van der Waals surface area contributed by atoms with Gasteiger partial charge in [-0.05, 0) is 45.4 Å². The molecule has 1 unspecified atom stereocenters. The predicted octanol–water partition coefficient (Wildman–Crippen LogP) is 2.21. The highest BCUT2D eigenvalue weighted by Gasteiger charge is 2.24. The lowest BCUT2D eigenvalue weighted by molar-refractivity contribution is -0.0367. The number of unbranched alkanes of at least 4 members (excludes halogenated alkanes) is 1. The normalized spacial score (nSPS) is 21.8. The summed E-state index contributed by atoms with van der Waals surface area (Å²) in [5.74, 6) is 2.11. The molecule has 0 spiro atoms. The topological polar surface area (TPSA) is 63.9 Å². The Hall–Kier alpha value is -1.60. The fourth-order valence-corrected chi connectivity index (χ4v) is 3.83. The van der Waals surface area contributed by atoms with Crippen LogP contribution in [-0.2, 0) is 16.0 Å². The number of ether oxygens (including phenoxy) is 2. The number of piperidine rings is 1. The number of aliphatic imine (C=N–C) groups is 1. The third-order valence-corrected chi connectivity index (χ3v) is 5.53. The molecule has 7 nitrogen and oxygen atoms in total. The quantitative estimate of drug-likeness (QED) is 0.427. The van der Waals surface area contributed by atoms with Gasteiger partial charge in [-0.1, -0.05) is 0 Å². The van der Waals surface area contributed by atoms with E-state index in [1.807, 2.05) is 26.4 Å². The molecule has 152 valence electrons. The zero-order valence-corrected chi connectivity index (χ0v) is 16.9. The Bertz CT molecular complexity index is 575. The molecule has 0 radical (unpaired) electrons. The summed E-state index contributed by atoms with van der Waals surface area (Å²) in [6.45, 7) is 7.70. The maximum atomic E-state index is 6.07. The van der Waals surface area contributed by atoms with Gasteiger partial charge in [0.1, 0.15) is 5.82 Å². The highest BCUT2D eigenvalue weighted by molar-refractivity contribution is 5.79. The van der Waals surface area contributed by atoms with Crippen molar-refractivity contribution in [1.29, 1.82) is 0 Å². The molecule has 0 amide bonds. The van der Waals surface area contributed by atoms with E-state index in [1.54, 1.807) is 0 Å². The molecule has 2 aliphatic heterocycles. The highest BCUT2D eigenvalue weighted by atomic mass is 16.5. The lowest BCUT2D eigenvalue weighted by Gasteiger charge is -2.34. The minimum Gasteiger partial charge on any atom is -0.376 e. The van der Waals surface area contributed by atoms with Crippen LogP contribution in [0.2, 0.25) is 0 Å². The SMILES string of the molecule is CN=C(NCCCCn1ccnc1C)N1CCC(OCC2CCCO2)CC1. The van der Waals surface area contributed by atoms with Gasteiger partial charge >= 0.3 is 0 Å². The number of nitrogens with zero attached hydrogens (tertiary/aromatic N) is 4. The zero-order chi connectivity index (χ0) is 18.9. The molecular formula is C20H35N5O2. The number of likely N-dealkylation sites (tertiary alicyclic amines) is 1. The molecule has 0 saturated carbocycles. The van der Waals surface area contributed by atoms with Crippen molar-refractivity contribution in [2.24, 2.45) is 4.99 Å². The molecule has 2 aliphatic rings. The standard InChI is InChI=1S/C20H35N5O2/c1-17-22-10-14-24(17)11-4-3-9-23-20(21-2)25-12-7-18(8-13-25)27-16-19-6-5-15-26-19/h10,14,18-19H,3-9,11-13,15-16H2,1-2H3,(H,21,23). The molecule has 0 bridgehead atoms. The van der Waals surface area contributed by atoms with Crippen LogP contribution >= 0.6 is 0 Å². The third-order valence-electron chi connectivity index (χ3n) is 5.53. The van der Waals surface area contributed by atoms with E-state index in [1.165, 1.54) is 6.42 Å². The Labute approximate surface area is 163 Å². The number of aromatic nitrogens is 2. The zero-order valence-electron chi connectivity index (χ0n) is 16.9. The minimum atomic E-state index is 0.323. The second-order valence-corrected chi connectivity index (χ2v) is 7.50. The van der Waals surface area contributed by atoms with Crippen LogP contribution in [0.3, 0.4) is 0 Å². The van der Waals surface area contributed by atoms with Crippen molar-refractivity contribution in [2.75, 3.05) is 39.9 Å². The Balaban J connectivity index is 1.28. The van der Waals surface area contributed by atoms with Crippen molar-refractivity contribution in [3.05, 3.63) is 18.2 Å². The lowest BCUT2D eigenvalue weighted by Crippen LogP contribution is -2.47. The molecule has 3 rings (SSSR count). The first-order valence-electron chi connectivity index (χ1n) is 10.4. The van der Waals surface area contributed by atoms with Crippen LogP contribution in [0, 0.1) is 6.92 Å². The lowest BCUT2D eigenvalue weighted by atomic mass is 10.1. The van der Waals surface area contributed by atoms with Crippen molar-refractivity contribution in [2.45, 2.75) is 64.2 Å². The van der Waals surface area contributed by atoms with Crippen molar-refractivity contribution < 1.29 is 9.47 Å². The second-order valence-electron chi connectivity index (χ2n) is 7.50. The van der Waals surface area contributed by atoms with E-state index in [4.69, 9.17) is 9.47 Å². The van der Waals surface area contributed by atoms with E-state index in [0.717, 1.165) is 83.3 Å². The maximum Gasteiger partial charge on any atom is 0.193 e. The Morgan fingerprint density at radius 1 is 1.33 bits per heavy atom. The van der Waals surface area contributed by atoms with Crippen LogP contribution in [0.5, 0.6) is 0 Å². The van der Waals surface area contributed by atoms with Crippen LogP contribution in [0.4, 0.5) is 0 Å². The van der Waals surface area contributed by atoms with Crippen molar-refractivity contribution >= 4 is 5.96 Å². The molecule has 27 heavy (non-hydrogen) atoms. The van der Waals surface area contributed by atoms with Crippen molar-refractivity contribution in [3.8, 4) is 0 Å². The smallest absolute Gasteiger partial charge is 0.193 e. The molecule has 7 heteroatoms. The van der Waals surface area contributed by atoms with Crippen molar-refractivity contribution in [3.63, 3.8) is 0 Å². The summed E-state index contributed by atoms with van der Waals surface area (Å²) in [6, 6.07) is 0. The monoisotopic (exact) mass is 377 g/mol. The maximum absolute atomic E-state index is 6.07. The predicted molar refractivity (Wildman–Crippen MR) is 107 cm³/mol. The summed E-state index contributed by atoms with van der Waals surface area (Å²) in [7, 11) is 1.87. The first-order chi connectivity index (χ1) is 13.3. The number of nitrogens with one attached hydrogen (secondary N) is 1. The number of hydrogen-bond acceptors (Lipinski definition) is 4. The van der Waals surface area contributed by atoms with Gasteiger partial charge in [-0.2, -0.15) is 0 Å². The minimum absolute atomic E-state index is 0.323. The molecule has 0 aromatic carbocycles. The van der Waals surface area contributed by atoms with Gasteiger partial charge in [0.05, 0.1) is 18.8 Å². The first kappa shape index (κ1) is 20.1. The van der Waals surface area contributed by atoms with E-state index in [2.05, 4.69) is 24.8 Å². The van der Waals surface area contributed by atoms with E-state index < -0.39 is 0 Å². The van der Waals surface area contributed by atoms with Gasteiger partial charge in [-0.25, -0.2) is 4.98 Å². The van der Waals surface area contributed by atoms with Gasteiger partial charge in [-0.15, -0.1) is 0 Å². The summed E-state index contributed by atoms with van der Waals surface area (Å²) in [5, 5.41) is 3.52. The average molecular weight is 378 g/mol. The largest absolute Gasteiger partial charge is 0.376 e. The summed E-state index contributed by atoms with van der Waals surface area (Å²) in [4.78, 5) is 11.1. The molecule has 1 aromatic heterocycles. The number of imidazole rings is 1. The second kappa shape index (κ2) is 10.7. The van der Waals surface area contributed by atoms with Crippen LogP contribution in [0.15, 0.2) is 17.4 Å². The van der Waals surface area contributed by atoms with Gasteiger partial charge < -0.3 is 24.3 Å². The fourth-order valence-electron chi connectivity index (χ4n) is 3.83. The summed E-state index contributed by atoms with van der Waals surface area (Å²) in [5.41, 5.74) is 0. The molecule has 1 N–H and O–H groups in total. The van der Waals surface area contributed by atoms with E-state index in [0.29, 0.717) is 12.2 Å².